The summed E-state index contributed by atoms with van der Waals surface area (Å²) in [6.45, 7) is 1.98. The van der Waals surface area contributed by atoms with Crippen LogP contribution < -0.4 is 0 Å². The molecular weight excluding hydrogens is 260 g/mol. The number of thiophene rings is 1. The van der Waals surface area contributed by atoms with Crippen LogP contribution in [-0.4, -0.2) is 6.29 Å². The summed E-state index contributed by atoms with van der Waals surface area (Å²) in [6.07, 6.45) is 0.947. The van der Waals surface area contributed by atoms with E-state index in [0.29, 0.717) is 0 Å². The fourth-order valence-corrected chi connectivity index (χ4v) is 3.17. The van der Waals surface area contributed by atoms with Crippen LogP contribution >= 0.6 is 27.3 Å². The molecule has 0 saturated heterocycles. The first-order valence-corrected chi connectivity index (χ1v) is 6.29. The molecule has 0 unspecified atom stereocenters. The number of benzene rings is 1. The summed E-state index contributed by atoms with van der Waals surface area (Å²) in [5.74, 6) is 0. The molecule has 0 aliphatic heterocycles. The number of carbonyl (C=O) groups is 1. The topological polar surface area (TPSA) is 17.1 Å². The average molecular weight is 269 g/mol. The second-order valence-corrected chi connectivity index (χ2v) is 4.68. The molecule has 2 aromatic rings. The van der Waals surface area contributed by atoms with Crippen molar-refractivity contribution in [3.05, 3.63) is 34.2 Å². The van der Waals surface area contributed by atoms with Gasteiger partial charge in [0.15, 0.2) is 6.29 Å². The molecule has 0 bridgehead atoms. The third-order valence-electron chi connectivity index (χ3n) is 2.37. The lowest BCUT2D eigenvalue weighted by Gasteiger charge is -2.06. The molecule has 0 atom stereocenters. The molecule has 2 rings (SSSR count). The van der Waals surface area contributed by atoms with Crippen LogP contribution in [-0.2, 0) is 5.33 Å². The maximum atomic E-state index is 11.0. The van der Waals surface area contributed by atoms with Gasteiger partial charge < -0.3 is 0 Å². The molecule has 1 heterocycles. The first-order chi connectivity index (χ1) is 6.77. The molecule has 1 nitrogen and oxygen atoms in total. The van der Waals surface area contributed by atoms with Crippen molar-refractivity contribution in [2.24, 2.45) is 0 Å². The first kappa shape index (κ1) is 9.87. The minimum atomic E-state index is 0.732. The monoisotopic (exact) mass is 268 g/mol. The van der Waals surface area contributed by atoms with Crippen molar-refractivity contribution < 1.29 is 4.79 Å². The molecule has 0 spiro atoms. The van der Waals surface area contributed by atoms with Gasteiger partial charge in [0.25, 0.3) is 0 Å². The van der Waals surface area contributed by atoms with E-state index in [2.05, 4.69) is 33.4 Å². The third kappa shape index (κ3) is 1.41. The quantitative estimate of drug-likeness (QED) is 0.596. The van der Waals surface area contributed by atoms with Crippen LogP contribution in [0.15, 0.2) is 17.5 Å². The Labute approximate surface area is 94.9 Å². The van der Waals surface area contributed by atoms with Gasteiger partial charge in [-0.25, -0.2) is 0 Å². The molecule has 0 aliphatic rings. The van der Waals surface area contributed by atoms with Gasteiger partial charge >= 0.3 is 0 Å². The highest BCUT2D eigenvalue weighted by Crippen LogP contribution is 2.30. The maximum Gasteiger partial charge on any atom is 0.150 e. The van der Waals surface area contributed by atoms with Crippen LogP contribution in [0.2, 0.25) is 0 Å². The largest absolute Gasteiger partial charge is 0.298 e. The smallest absolute Gasteiger partial charge is 0.150 e. The molecular formula is C11H9BrOS. The molecule has 0 amide bonds. The normalized spacial score (nSPS) is 10.7. The number of fused-ring (bicyclic) bond motifs is 1. The number of aldehydes is 1. The van der Waals surface area contributed by atoms with Gasteiger partial charge in [-0.3, -0.25) is 4.79 Å². The Balaban J connectivity index is 2.88. The molecule has 0 N–H and O–H groups in total. The number of carbonyl (C=O) groups excluding carboxylic acids is 1. The number of halogens is 1. The van der Waals surface area contributed by atoms with Crippen LogP contribution in [0, 0.1) is 6.92 Å². The minimum Gasteiger partial charge on any atom is -0.298 e. The van der Waals surface area contributed by atoms with Gasteiger partial charge in [-0.15, -0.1) is 11.3 Å². The standard InChI is InChI=1S/C11H9BrOS/c1-7-4-11-8(2-3-14-11)9(5-12)10(7)6-13/h2-4,6H,5H2,1H3. The second kappa shape index (κ2) is 3.83. The van der Waals surface area contributed by atoms with Crippen LogP contribution in [0.3, 0.4) is 0 Å². The SMILES string of the molecule is Cc1cc2sccc2c(CBr)c1C=O. The van der Waals surface area contributed by atoms with Crippen LogP contribution in [0.25, 0.3) is 10.1 Å². The van der Waals surface area contributed by atoms with E-state index in [1.807, 2.05) is 6.92 Å². The number of aryl methyl sites for hydroxylation is 1. The zero-order valence-electron chi connectivity index (χ0n) is 7.71. The fourth-order valence-electron chi connectivity index (χ4n) is 1.65. The highest BCUT2D eigenvalue weighted by atomic mass is 79.9. The Hall–Kier alpha value is -0.670. The zero-order chi connectivity index (χ0) is 10.1. The zero-order valence-corrected chi connectivity index (χ0v) is 10.1. The summed E-state index contributed by atoms with van der Waals surface area (Å²) >= 11 is 5.15. The van der Waals surface area contributed by atoms with E-state index in [1.165, 1.54) is 10.1 Å². The summed E-state index contributed by atoms with van der Waals surface area (Å²) < 4.78 is 1.25. The molecule has 1 aromatic heterocycles. The highest BCUT2D eigenvalue weighted by Gasteiger charge is 2.09. The molecule has 14 heavy (non-hydrogen) atoms. The summed E-state index contributed by atoms with van der Waals surface area (Å²) in [7, 11) is 0. The Bertz CT molecular complexity index is 487. The lowest BCUT2D eigenvalue weighted by molar-refractivity contribution is 0.112. The molecule has 0 fully saturated rings. The van der Waals surface area contributed by atoms with Crippen molar-refractivity contribution in [1.29, 1.82) is 0 Å². The minimum absolute atomic E-state index is 0.732. The van der Waals surface area contributed by atoms with E-state index in [9.17, 15) is 4.79 Å². The summed E-state index contributed by atoms with van der Waals surface area (Å²) in [6, 6.07) is 4.15. The van der Waals surface area contributed by atoms with Gasteiger partial charge in [0.05, 0.1) is 0 Å². The number of hydrogen-bond acceptors (Lipinski definition) is 2. The lowest BCUT2D eigenvalue weighted by atomic mass is 10.0. The van der Waals surface area contributed by atoms with E-state index < -0.39 is 0 Å². The summed E-state index contributed by atoms with van der Waals surface area (Å²) in [5, 5.41) is 3.99. The Morgan fingerprint density at radius 3 is 3.00 bits per heavy atom. The number of rotatable bonds is 2. The molecule has 1 aromatic carbocycles. The van der Waals surface area contributed by atoms with Crippen molar-refractivity contribution in [1.82, 2.24) is 0 Å². The summed E-state index contributed by atoms with van der Waals surface area (Å²) in [5.41, 5.74) is 2.99. The number of hydrogen-bond donors (Lipinski definition) is 0. The predicted octanol–water partition coefficient (Wildman–Crippen LogP) is 3.92. The van der Waals surface area contributed by atoms with Gasteiger partial charge in [0.1, 0.15) is 0 Å². The van der Waals surface area contributed by atoms with E-state index in [0.717, 1.165) is 28.3 Å². The molecule has 3 heteroatoms. The van der Waals surface area contributed by atoms with Gasteiger partial charge in [-0.2, -0.15) is 0 Å². The van der Waals surface area contributed by atoms with E-state index >= 15 is 0 Å². The molecule has 72 valence electrons. The summed E-state index contributed by atoms with van der Waals surface area (Å²) in [4.78, 5) is 11.0. The fraction of sp³-hybridized carbons (Fsp3) is 0.182. The Morgan fingerprint density at radius 2 is 2.36 bits per heavy atom. The van der Waals surface area contributed by atoms with Crippen molar-refractivity contribution in [3.8, 4) is 0 Å². The van der Waals surface area contributed by atoms with Crippen molar-refractivity contribution in [2.75, 3.05) is 0 Å². The first-order valence-electron chi connectivity index (χ1n) is 4.28. The Morgan fingerprint density at radius 1 is 1.57 bits per heavy atom. The van der Waals surface area contributed by atoms with Crippen LogP contribution in [0.5, 0.6) is 0 Å². The lowest BCUT2D eigenvalue weighted by Crippen LogP contribution is -1.93. The van der Waals surface area contributed by atoms with Gasteiger partial charge in [0, 0.05) is 15.6 Å². The maximum absolute atomic E-state index is 11.0. The third-order valence-corrected chi connectivity index (χ3v) is 3.79. The second-order valence-electron chi connectivity index (χ2n) is 3.17. The van der Waals surface area contributed by atoms with Gasteiger partial charge in [-0.1, -0.05) is 15.9 Å². The average Bonchev–Trinajstić information content (AvgIpc) is 2.62. The van der Waals surface area contributed by atoms with Crippen molar-refractivity contribution in [3.63, 3.8) is 0 Å². The van der Waals surface area contributed by atoms with Gasteiger partial charge in [0.2, 0.25) is 0 Å². The highest BCUT2D eigenvalue weighted by molar-refractivity contribution is 9.08. The van der Waals surface area contributed by atoms with E-state index in [1.54, 1.807) is 11.3 Å². The molecule has 0 saturated carbocycles. The van der Waals surface area contributed by atoms with Crippen molar-refractivity contribution >= 4 is 43.6 Å². The molecule has 0 aliphatic carbocycles. The van der Waals surface area contributed by atoms with Gasteiger partial charge in [-0.05, 0) is 40.9 Å². The van der Waals surface area contributed by atoms with Crippen LogP contribution in [0.1, 0.15) is 21.5 Å². The van der Waals surface area contributed by atoms with Crippen molar-refractivity contribution in [2.45, 2.75) is 12.3 Å². The van der Waals surface area contributed by atoms with Crippen LogP contribution in [0.4, 0.5) is 0 Å². The van der Waals surface area contributed by atoms with E-state index in [-0.39, 0.29) is 0 Å². The number of alkyl halides is 1. The predicted molar refractivity (Wildman–Crippen MR) is 64.6 cm³/mol. The van der Waals surface area contributed by atoms with E-state index in [4.69, 9.17) is 0 Å². The molecule has 0 radical (unpaired) electrons. The Kier molecular flexibility index (Phi) is 2.70.